The molecule has 7 heavy (non-hydrogen) atoms. The van der Waals surface area contributed by atoms with Crippen molar-refractivity contribution in [2.75, 3.05) is 0 Å². The van der Waals surface area contributed by atoms with Crippen LogP contribution >= 0.6 is 0 Å². The normalized spacial score (nSPS) is 9.57. The molecule has 0 saturated carbocycles. The summed E-state index contributed by atoms with van der Waals surface area (Å²) in [7, 11) is 0. The van der Waals surface area contributed by atoms with Gasteiger partial charge in [0.1, 0.15) is 0 Å². The fourth-order valence-electron chi connectivity index (χ4n) is 0. The molecule has 0 heterocycles. The number of rotatable bonds is 0. The van der Waals surface area contributed by atoms with E-state index in [4.69, 9.17) is 4.79 Å². The second kappa shape index (κ2) is 3.46. The molecule has 0 rings (SSSR count). The van der Waals surface area contributed by atoms with Crippen LogP contribution in [0.2, 0.25) is 0 Å². The third kappa shape index (κ3) is 10.7. The van der Waals surface area contributed by atoms with Gasteiger partial charge in [-0.25, -0.2) is 13.2 Å². The molecule has 0 aromatic heterocycles. The van der Waals surface area contributed by atoms with Crippen molar-refractivity contribution in [3.05, 3.63) is 0 Å². The van der Waals surface area contributed by atoms with Gasteiger partial charge < -0.3 is 4.79 Å². The van der Waals surface area contributed by atoms with Gasteiger partial charge in [0.25, 0.3) is 6.18 Å². The fourth-order valence-corrected chi connectivity index (χ4v) is 0. The van der Waals surface area contributed by atoms with Crippen LogP contribution in [-0.4, -0.2) is 12.5 Å². The quantitative estimate of drug-likeness (QED) is 0.258. The van der Waals surface area contributed by atoms with Gasteiger partial charge in [0, 0.05) is 0 Å². The van der Waals surface area contributed by atoms with Crippen LogP contribution < -0.4 is 29.6 Å². The van der Waals surface area contributed by atoms with E-state index in [1.165, 1.54) is 0 Å². The van der Waals surface area contributed by atoms with Crippen molar-refractivity contribution in [3.63, 3.8) is 0 Å². The maximum absolute atomic E-state index is 10.4. The summed E-state index contributed by atoms with van der Waals surface area (Å²) in [5, 5.41) is 0. The smallest absolute Gasteiger partial charge is 0.533 e. The average molecular weight is 120 g/mol. The first-order valence-electron chi connectivity index (χ1n) is 1.02. The predicted molar refractivity (Wildman–Crippen MR) is 11.7 cm³/mol. The van der Waals surface area contributed by atoms with Gasteiger partial charge in [0.15, 0.2) is 0 Å². The molecule has 0 unspecified atom stereocenters. The zero-order chi connectivity index (χ0) is 5.21. The Kier molecular flexibility index (Phi) is 5.16. The summed E-state index contributed by atoms with van der Waals surface area (Å²) < 4.78 is 31.1. The molecule has 0 aliphatic carbocycles. The van der Waals surface area contributed by atoms with Crippen molar-refractivity contribution in [1.82, 2.24) is 0 Å². The number of hydrogen-bond acceptors (Lipinski definition) is 1. The zero-order valence-corrected chi connectivity index (χ0v) is 5.54. The van der Waals surface area contributed by atoms with E-state index in [-0.39, 0.29) is 35.8 Å². The monoisotopic (exact) mass is 120 g/mol. The Balaban J connectivity index is 0. The molecule has 0 aromatic carbocycles. The van der Waals surface area contributed by atoms with E-state index in [9.17, 15) is 13.2 Å². The van der Waals surface area contributed by atoms with Crippen LogP contribution in [0.25, 0.3) is 0 Å². The molecule has 0 N–H and O–H groups in total. The maximum Gasteiger partial charge on any atom is 1.00 e. The van der Waals surface area contributed by atoms with Crippen molar-refractivity contribution in [2.45, 2.75) is 6.18 Å². The van der Waals surface area contributed by atoms with Gasteiger partial charge in [-0.1, -0.05) is 0 Å². The molecule has 0 radical (unpaired) electrons. The standard InChI is InChI=1S/C2F3O.Na/c3-2(4,5)1-6;/q-1;+1. The van der Waals surface area contributed by atoms with Crippen LogP contribution in [0, 0.1) is 0 Å². The van der Waals surface area contributed by atoms with Crippen LogP contribution in [0.1, 0.15) is 0 Å². The summed E-state index contributed by atoms with van der Waals surface area (Å²) in [6, 6.07) is 0. The van der Waals surface area contributed by atoms with Crippen molar-refractivity contribution >= 4 is 6.29 Å². The van der Waals surface area contributed by atoms with Gasteiger partial charge in [-0.2, -0.15) is 6.29 Å². The minimum atomic E-state index is -4.76. The second-order valence-corrected chi connectivity index (χ2v) is 0.600. The van der Waals surface area contributed by atoms with E-state index in [1.807, 2.05) is 0 Å². The SMILES string of the molecule is O=[C-]C(F)(F)F.[Na+]. The number of hydrogen-bond donors (Lipinski definition) is 0. The molecule has 0 fully saturated rings. The van der Waals surface area contributed by atoms with Gasteiger partial charge in [0.05, 0.1) is 0 Å². The summed E-state index contributed by atoms with van der Waals surface area (Å²) in [6.45, 7) is 0. The van der Waals surface area contributed by atoms with Crippen LogP contribution in [0.4, 0.5) is 13.2 Å². The van der Waals surface area contributed by atoms with Crippen LogP contribution in [0.5, 0.6) is 0 Å². The Morgan fingerprint density at radius 2 is 1.43 bits per heavy atom. The minimum absolute atomic E-state index is 0. The van der Waals surface area contributed by atoms with E-state index in [0.717, 1.165) is 0 Å². The van der Waals surface area contributed by atoms with Gasteiger partial charge in [-0.3, -0.25) is 0 Å². The summed E-state index contributed by atoms with van der Waals surface area (Å²) in [5.41, 5.74) is 0. The largest absolute Gasteiger partial charge is 1.00 e. The predicted octanol–water partition coefficient (Wildman–Crippen LogP) is -2.34. The molecule has 0 aliphatic heterocycles. The summed E-state index contributed by atoms with van der Waals surface area (Å²) >= 11 is 0. The molecule has 0 saturated heterocycles. The third-order valence-corrected chi connectivity index (χ3v) is 0.116. The van der Waals surface area contributed by atoms with Crippen LogP contribution in [-0.2, 0) is 4.79 Å². The van der Waals surface area contributed by atoms with Crippen molar-refractivity contribution in [1.29, 1.82) is 0 Å². The van der Waals surface area contributed by atoms with Crippen LogP contribution in [0.3, 0.4) is 0 Å². The van der Waals surface area contributed by atoms with Gasteiger partial charge >= 0.3 is 29.6 Å². The van der Waals surface area contributed by atoms with Gasteiger partial charge in [-0.05, 0) is 0 Å². The van der Waals surface area contributed by atoms with Crippen LogP contribution in [0.15, 0.2) is 0 Å². The molecule has 0 spiro atoms. The molecule has 0 aliphatic rings. The Hall–Kier alpha value is 0.460. The molecule has 0 aromatic rings. The molecule has 1 nitrogen and oxygen atoms in total. The Labute approximate surface area is 60.2 Å². The Morgan fingerprint density at radius 3 is 1.43 bits per heavy atom. The summed E-state index contributed by atoms with van der Waals surface area (Å²) in [4.78, 5) is 8.58. The maximum atomic E-state index is 10.4. The minimum Gasteiger partial charge on any atom is -0.533 e. The molecule has 5 heteroatoms. The first-order chi connectivity index (χ1) is 2.56. The average Bonchev–Trinajstić information content (AvgIpc) is 1.35. The third-order valence-electron chi connectivity index (χ3n) is 0.116. The molecular weight excluding hydrogens is 120 g/mol. The summed E-state index contributed by atoms with van der Waals surface area (Å²) in [6.07, 6.45) is -4.91. The number of carbonyl (C=O) groups excluding carboxylic acids is 1. The molecule has 0 atom stereocenters. The Morgan fingerprint density at radius 1 is 1.29 bits per heavy atom. The van der Waals surface area contributed by atoms with E-state index in [0.29, 0.717) is 0 Å². The Bertz CT molecular complexity index is 58.4. The van der Waals surface area contributed by atoms with E-state index >= 15 is 0 Å². The molecule has 36 valence electrons. The van der Waals surface area contributed by atoms with Gasteiger partial charge in [0.2, 0.25) is 0 Å². The molecule has 0 bridgehead atoms. The van der Waals surface area contributed by atoms with Gasteiger partial charge in [-0.15, -0.1) is 0 Å². The van der Waals surface area contributed by atoms with Crippen molar-refractivity contribution in [3.8, 4) is 0 Å². The fraction of sp³-hybridized carbons (Fsp3) is 0.500. The zero-order valence-electron chi connectivity index (χ0n) is 3.54. The van der Waals surface area contributed by atoms with Crippen molar-refractivity contribution in [2.24, 2.45) is 0 Å². The number of halogens is 3. The van der Waals surface area contributed by atoms with E-state index in [2.05, 4.69) is 0 Å². The van der Waals surface area contributed by atoms with E-state index in [1.54, 1.807) is 0 Å². The first-order valence-corrected chi connectivity index (χ1v) is 1.02. The number of alkyl halides is 3. The molecule has 0 amide bonds. The molecular formula is C2F3NaO. The first kappa shape index (κ1) is 10.4. The second-order valence-electron chi connectivity index (χ2n) is 0.600. The summed E-state index contributed by atoms with van der Waals surface area (Å²) in [5.74, 6) is 0. The van der Waals surface area contributed by atoms with E-state index < -0.39 is 6.18 Å². The van der Waals surface area contributed by atoms with Crippen molar-refractivity contribution < 1.29 is 47.5 Å². The topological polar surface area (TPSA) is 17.1 Å².